The molecule has 2 N–H and O–H groups in total. The number of piperidine rings is 1. The van der Waals surface area contributed by atoms with Gasteiger partial charge in [-0.3, -0.25) is 4.90 Å². The predicted molar refractivity (Wildman–Crippen MR) is 95.1 cm³/mol. The molecule has 130 valence electrons. The topological polar surface area (TPSA) is 95.5 Å². The molecule has 0 radical (unpaired) electrons. The number of rotatable bonds is 4. The Hall–Kier alpha value is -2.61. The van der Waals surface area contributed by atoms with E-state index in [9.17, 15) is 0 Å². The molecule has 3 aromatic heterocycles. The highest BCUT2D eigenvalue weighted by Gasteiger charge is 2.36. The van der Waals surface area contributed by atoms with Crippen LogP contribution in [-0.2, 0) is 12.0 Å². The van der Waals surface area contributed by atoms with E-state index in [1.54, 1.807) is 18.9 Å². The Labute approximate surface area is 146 Å². The lowest BCUT2D eigenvalue weighted by molar-refractivity contribution is 0.143. The van der Waals surface area contributed by atoms with Crippen LogP contribution in [-0.4, -0.2) is 54.9 Å². The highest BCUT2D eigenvalue weighted by molar-refractivity contribution is 5.82. The van der Waals surface area contributed by atoms with Crippen molar-refractivity contribution < 1.29 is 0 Å². The first-order valence-corrected chi connectivity index (χ1v) is 8.54. The third kappa shape index (κ3) is 3.05. The summed E-state index contributed by atoms with van der Waals surface area (Å²) in [5.41, 5.74) is 2.50. The Morgan fingerprint density at radius 1 is 1.32 bits per heavy atom. The Kier molecular flexibility index (Phi) is 4.04. The second-order valence-corrected chi connectivity index (χ2v) is 6.82. The van der Waals surface area contributed by atoms with Crippen molar-refractivity contribution in [2.24, 2.45) is 0 Å². The smallest absolute Gasteiger partial charge is 0.183 e. The fourth-order valence-corrected chi connectivity index (χ4v) is 3.59. The highest BCUT2D eigenvalue weighted by Crippen LogP contribution is 2.33. The number of nitrogens with one attached hydrogen (secondary N) is 2. The molecule has 1 saturated heterocycles. The van der Waals surface area contributed by atoms with Crippen LogP contribution in [0.15, 0.2) is 24.9 Å². The van der Waals surface area contributed by atoms with E-state index >= 15 is 0 Å². The van der Waals surface area contributed by atoms with Crippen molar-refractivity contribution in [2.75, 3.05) is 25.5 Å². The van der Waals surface area contributed by atoms with E-state index in [-0.39, 0.29) is 5.41 Å². The first-order valence-electron chi connectivity index (χ1n) is 8.54. The summed E-state index contributed by atoms with van der Waals surface area (Å²) in [5, 5.41) is 3.15. The largest absolute Gasteiger partial charge is 0.371 e. The van der Waals surface area contributed by atoms with Gasteiger partial charge in [0.25, 0.3) is 0 Å². The molecule has 0 spiro atoms. The third-order valence-electron chi connectivity index (χ3n) is 4.87. The summed E-state index contributed by atoms with van der Waals surface area (Å²) in [4.78, 5) is 27.7. The zero-order valence-electron chi connectivity index (χ0n) is 14.5. The number of likely N-dealkylation sites (tertiary alicyclic amines) is 1. The first kappa shape index (κ1) is 15.9. The van der Waals surface area contributed by atoms with Crippen LogP contribution in [0.3, 0.4) is 0 Å². The maximum Gasteiger partial charge on any atom is 0.183 e. The Morgan fingerprint density at radius 3 is 3.04 bits per heavy atom. The number of aromatic amines is 1. The fourth-order valence-electron chi connectivity index (χ4n) is 3.59. The quantitative estimate of drug-likeness (QED) is 0.748. The molecule has 8 heteroatoms. The van der Waals surface area contributed by atoms with E-state index < -0.39 is 0 Å². The molecule has 3 aromatic rings. The van der Waals surface area contributed by atoms with Gasteiger partial charge in [0.1, 0.15) is 17.7 Å². The maximum absolute atomic E-state index is 4.78. The Bertz CT molecular complexity index is 861. The zero-order chi connectivity index (χ0) is 17.3. The van der Waals surface area contributed by atoms with E-state index in [2.05, 4.69) is 37.1 Å². The molecular formula is C17H22N8. The molecule has 0 saturated carbocycles. The molecule has 25 heavy (non-hydrogen) atoms. The summed E-state index contributed by atoms with van der Waals surface area (Å²) in [6.45, 7) is 5.02. The molecule has 0 aliphatic carbocycles. The van der Waals surface area contributed by atoms with Crippen molar-refractivity contribution in [1.29, 1.82) is 0 Å². The van der Waals surface area contributed by atoms with E-state index in [0.717, 1.165) is 55.3 Å². The number of anilines is 1. The number of nitrogens with zero attached hydrogens (tertiary/aromatic N) is 6. The summed E-state index contributed by atoms with van der Waals surface area (Å²) in [6, 6.07) is 1.97. The molecule has 8 nitrogen and oxygen atoms in total. The number of H-pyrrole nitrogens is 1. The molecule has 4 rings (SSSR count). The van der Waals surface area contributed by atoms with Gasteiger partial charge >= 0.3 is 0 Å². The molecular weight excluding hydrogens is 316 g/mol. The molecule has 1 unspecified atom stereocenters. The Balaban J connectivity index is 1.62. The third-order valence-corrected chi connectivity index (χ3v) is 4.87. The summed E-state index contributed by atoms with van der Waals surface area (Å²) in [7, 11) is 1.87. The van der Waals surface area contributed by atoms with Crippen LogP contribution < -0.4 is 5.32 Å². The van der Waals surface area contributed by atoms with Crippen LogP contribution in [0.5, 0.6) is 0 Å². The summed E-state index contributed by atoms with van der Waals surface area (Å²) in [5.74, 6) is 1.65. The minimum absolute atomic E-state index is 0.107. The summed E-state index contributed by atoms with van der Waals surface area (Å²) < 4.78 is 0. The van der Waals surface area contributed by atoms with Crippen LogP contribution >= 0.6 is 0 Å². The molecule has 0 bridgehead atoms. The van der Waals surface area contributed by atoms with Crippen LogP contribution in [0.25, 0.3) is 11.2 Å². The van der Waals surface area contributed by atoms with Gasteiger partial charge in [0, 0.05) is 31.7 Å². The van der Waals surface area contributed by atoms with Crippen LogP contribution in [0, 0.1) is 0 Å². The van der Waals surface area contributed by atoms with Crippen LogP contribution in [0.4, 0.5) is 5.82 Å². The number of fused-ring (bicyclic) bond motifs is 1. The van der Waals surface area contributed by atoms with E-state index in [1.807, 2.05) is 13.1 Å². The molecule has 1 aliphatic heterocycles. The van der Waals surface area contributed by atoms with Gasteiger partial charge in [0.15, 0.2) is 11.5 Å². The molecule has 1 aliphatic rings. The number of aromatic nitrogens is 6. The van der Waals surface area contributed by atoms with E-state index in [1.165, 1.54) is 0 Å². The zero-order valence-corrected chi connectivity index (χ0v) is 14.5. The lowest BCUT2D eigenvalue weighted by Crippen LogP contribution is -2.45. The second kappa shape index (κ2) is 6.36. The Morgan fingerprint density at radius 2 is 2.24 bits per heavy atom. The van der Waals surface area contributed by atoms with Gasteiger partial charge < -0.3 is 10.3 Å². The molecule has 1 atom stereocenters. The van der Waals surface area contributed by atoms with Crippen molar-refractivity contribution in [3.8, 4) is 0 Å². The molecule has 0 aromatic carbocycles. The van der Waals surface area contributed by atoms with Crippen LogP contribution in [0.2, 0.25) is 0 Å². The second-order valence-electron chi connectivity index (χ2n) is 6.82. The van der Waals surface area contributed by atoms with Gasteiger partial charge in [-0.2, -0.15) is 0 Å². The summed E-state index contributed by atoms with van der Waals surface area (Å²) in [6.07, 6.45) is 7.23. The minimum Gasteiger partial charge on any atom is -0.371 e. The van der Waals surface area contributed by atoms with Gasteiger partial charge in [-0.25, -0.2) is 24.9 Å². The van der Waals surface area contributed by atoms with E-state index in [4.69, 9.17) is 9.97 Å². The lowest BCUT2D eigenvalue weighted by atomic mass is 9.81. The van der Waals surface area contributed by atoms with Gasteiger partial charge in [0.2, 0.25) is 0 Å². The normalized spacial score (nSPS) is 21.5. The fraction of sp³-hybridized carbons (Fsp3) is 0.471. The number of hydrogen-bond acceptors (Lipinski definition) is 7. The average Bonchev–Trinajstić information content (AvgIpc) is 3.10. The maximum atomic E-state index is 4.78. The number of hydrogen-bond donors (Lipinski definition) is 2. The molecule has 1 fully saturated rings. The lowest BCUT2D eigenvalue weighted by Gasteiger charge is -2.39. The van der Waals surface area contributed by atoms with Crippen LogP contribution in [0.1, 0.15) is 31.3 Å². The molecule has 0 amide bonds. The van der Waals surface area contributed by atoms with Crippen molar-refractivity contribution in [1.82, 2.24) is 34.8 Å². The van der Waals surface area contributed by atoms with Gasteiger partial charge in [-0.05, 0) is 25.5 Å². The summed E-state index contributed by atoms with van der Waals surface area (Å²) >= 11 is 0. The highest BCUT2D eigenvalue weighted by atomic mass is 15.2. The van der Waals surface area contributed by atoms with Crippen molar-refractivity contribution >= 4 is 17.0 Å². The molecule has 4 heterocycles. The van der Waals surface area contributed by atoms with Gasteiger partial charge in [-0.1, -0.05) is 6.92 Å². The standard InChI is InChI=1S/C17H22N8/c1-17(16-23-14(18-2)13-15(24-16)22-11-21-13)5-3-7-25(9-17)8-12-4-6-19-10-20-12/h4,6,10-11H,3,5,7-9H2,1-2H3,(H2,18,21,22,23,24). The van der Waals surface area contributed by atoms with E-state index in [0.29, 0.717) is 5.65 Å². The predicted octanol–water partition coefficient (Wildman–Crippen LogP) is 1.74. The number of imidazole rings is 1. The van der Waals surface area contributed by atoms with Crippen molar-refractivity contribution in [3.63, 3.8) is 0 Å². The van der Waals surface area contributed by atoms with Gasteiger partial charge in [0.05, 0.1) is 12.0 Å². The first-order chi connectivity index (χ1) is 12.2. The van der Waals surface area contributed by atoms with Crippen molar-refractivity contribution in [3.05, 3.63) is 36.4 Å². The SMILES string of the molecule is CNc1nc(C2(C)CCCN(Cc3ccncn3)C2)nc2nc[nH]c12. The van der Waals surface area contributed by atoms with Crippen molar-refractivity contribution in [2.45, 2.75) is 31.7 Å². The minimum atomic E-state index is -0.107. The van der Waals surface area contributed by atoms with Gasteiger partial charge in [-0.15, -0.1) is 0 Å². The average molecular weight is 338 g/mol. The monoisotopic (exact) mass is 338 g/mol.